The number of halogens is 1. The Balaban J connectivity index is 2.18. The molecule has 0 aliphatic carbocycles. The number of nitrogens with one attached hydrogen (secondary N) is 1. The minimum absolute atomic E-state index is 0.368. The summed E-state index contributed by atoms with van der Waals surface area (Å²) < 4.78 is 12.7. The van der Waals surface area contributed by atoms with Crippen molar-refractivity contribution in [3.63, 3.8) is 0 Å². The van der Waals surface area contributed by atoms with Gasteiger partial charge in [-0.05, 0) is 12.1 Å². The molecule has 0 aliphatic rings. The van der Waals surface area contributed by atoms with Gasteiger partial charge in [0.15, 0.2) is 0 Å². The van der Waals surface area contributed by atoms with Crippen LogP contribution in [0.25, 0.3) is 0 Å². The Morgan fingerprint density at radius 1 is 1.12 bits per heavy atom. The van der Waals surface area contributed by atoms with E-state index in [1.54, 1.807) is 12.1 Å². The van der Waals surface area contributed by atoms with Crippen LogP contribution in [0.1, 0.15) is 0 Å². The molecule has 88 valence electrons. The normalized spacial score (nSPS) is 10.1. The molecule has 0 unspecified atom stereocenters. The van der Waals surface area contributed by atoms with Crippen LogP contribution in [0.15, 0.2) is 30.7 Å². The first-order valence-corrected chi connectivity index (χ1v) is 5.03. The molecular weight excluding hydrogens is 221 g/mol. The van der Waals surface area contributed by atoms with E-state index >= 15 is 0 Å². The number of hydrogen-bond donors (Lipinski definition) is 1. The van der Waals surface area contributed by atoms with E-state index in [1.165, 1.54) is 12.4 Å². The molecular formula is C11H12FN5. The number of anilines is 3. The molecule has 0 saturated carbocycles. The van der Waals surface area contributed by atoms with Crippen LogP contribution in [0.3, 0.4) is 0 Å². The van der Waals surface area contributed by atoms with Gasteiger partial charge in [-0.1, -0.05) is 0 Å². The van der Waals surface area contributed by atoms with E-state index in [4.69, 9.17) is 0 Å². The Kier molecular flexibility index (Phi) is 3.13. The first kappa shape index (κ1) is 11.3. The molecule has 0 amide bonds. The highest BCUT2D eigenvalue weighted by atomic mass is 19.1. The minimum Gasteiger partial charge on any atom is -0.363 e. The summed E-state index contributed by atoms with van der Waals surface area (Å²) in [6.45, 7) is 0. The largest absolute Gasteiger partial charge is 0.363 e. The van der Waals surface area contributed by atoms with Crippen LogP contribution in [0, 0.1) is 5.82 Å². The molecule has 2 rings (SSSR count). The van der Waals surface area contributed by atoms with E-state index in [9.17, 15) is 4.39 Å². The van der Waals surface area contributed by atoms with Gasteiger partial charge in [-0.2, -0.15) is 0 Å². The van der Waals surface area contributed by atoms with E-state index in [1.807, 2.05) is 19.0 Å². The molecule has 0 atom stereocenters. The van der Waals surface area contributed by atoms with Gasteiger partial charge in [0.2, 0.25) is 0 Å². The standard InChI is InChI=1S/C11H12FN5/c1-17(2)11-5-10(14-7-15-11)16-9-4-3-8(12)6-13-9/h3-7H,1-2H3,(H,13,14,15,16). The first-order valence-electron chi connectivity index (χ1n) is 5.03. The first-order chi connectivity index (χ1) is 8.15. The molecule has 2 aromatic heterocycles. The topological polar surface area (TPSA) is 53.9 Å². The van der Waals surface area contributed by atoms with Crippen molar-refractivity contribution in [3.8, 4) is 0 Å². The second kappa shape index (κ2) is 4.73. The van der Waals surface area contributed by atoms with Gasteiger partial charge in [0.05, 0.1) is 6.20 Å². The summed E-state index contributed by atoms with van der Waals surface area (Å²) >= 11 is 0. The fraction of sp³-hybridized carbons (Fsp3) is 0.182. The summed E-state index contributed by atoms with van der Waals surface area (Å²) in [5.74, 6) is 1.56. The van der Waals surface area contributed by atoms with Crippen LogP contribution in [-0.4, -0.2) is 29.0 Å². The maximum atomic E-state index is 12.7. The van der Waals surface area contributed by atoms with Crippen LogP contribution < -0.4 is 10.2 Å². The van der Waals surface area contributed by atoms with Crippen molar-refractivity contribution in [1.29, 1.82) is 0 Å². The average molecular weight is 233 g/mol. The van der Waals surface area contributed by atoms with Gasteiger partial charge in [-0.3, -0.25) is 0 Å². The molecule has 0 aliphatic heterocycles. The van der Waals surface area contributed by atoms with E-state index in [-0.39, 0.29) is 5.82 Å². The lowest BCUT2D eigenvalue weighted by molar-refractivity contribution is 0.622. The summed E-state index contributed by atoms with van der Waals surface area (Å²) in [7, 11) is 3.78. The van der Waals surface area contributed by atoms with Crippen molar-refractivity contribution in [2.45, 2.75) is 0 Å². The lowest BCUT2D eigenvalue weighted by Crippen LogP contribution is -2.11. The highest BCUT2D eigenvalue weighted by Crippen LogP contribution is 2.15. The third-order valence-corrected chi connectivity index (χ3v) is 2.09. The van der Waals surface area contributed by atoms with E-state index in [0.717, 1.165) is 12.0 Å². The fourth-order valence-corrected chi connectivity index (χ4v) is 1.24. The van der Waals surface area contributed by atoms with Gasteiger partial charge < -0.3 is 10.2 Å². The predicted octanol–water partition coefficient (Wildman–Crippen LogP) is 1.82. The van der Waals surface area contributed by atoms with Gasteiger partial charge in [0, 0.05) is 20.2 Å². The van der Waals surface area contributed by atoms with Crippen LogP contribution in [-0.2, 0) is 0 Å². The Morgan fingerprint density at radius 2 is 1.94 bits per heavy atom. The second-order valence-electron chi connectivity index (χ2n) is 3.64. The third-order valence-electron chi connectivity index (χ3n) is 2.09. The number of hydrogen-bond acceptors (Lipinski definition) is 5. The molecule has 2 heterocycles. The number of nitrogens with zero attached hydrogens (tertiary/aromatic N) is 4. The summed E-state index contributed by atoms with van der Waals surface area (Å²) in [5, 5.41) is 2.97. The molecule has 0 spiro atoms. The zero-order valence-corrected chi connectivity index (χ0v) is 9.55. The predicted molar refractivity (Wildman–Crippen MR) is 63.8 cm³/mol. The van der Waals surface area contributed by atoms with Crippen molar-refractivity contribution in [3.05, 3.63) is 36.5 Å². The Morgan fingerprint density at radius 3 is 2.59 bits per heavy atom. The van der Waals surface area contributed by atoms with Crippen molar-refractivity contribution >= 4 is 17.5 Å². The molecule has 2 aromatic rings. The second-order valence-corrected chi connectivity index (χ2v) is 3.64. The molecule has 0 radical (unpaired) electrons. The van der Waals surface area contributed by atoms with Gasteiger partial charge in [0.25, 0.3) is 0 Å². The summed E-state index contributed by atoms with van der Waals surface area (Å²) in [6, 6.07) is 4.67. The van der Waals surface area contributed by atoms with Gasteiger partial charge in [-0.25, -0.2) is 19.3 Å². The number of pyridine rings is 1. The van der Waals surface area contributed by atoms with Crippen LogP contribution >= 0.6 is 0 Å². The summed E-state index contributed by atoms with van der Waals surface area (Å²) in [6.07, 6.45) is 2.61. The van der Waals surface area contributed by atoms with Crippen molar-refractivity contribution < 1.29 is 4.39 Å². The quantitative estimate of drug-likeness (QED) is 0.876. The van der Waals surface area contributed by atoms with E-state index < -0.39 is 0 Å². The van der Waals surface area contributed by atoms with E-state index in [2.05, 4.69) is 20.3 Å². The third kappa shape index (κ3) is 2.87. The van der Waals surface area contributed by atoms with Gasteiger partial charge in [-0.15, -0.1) is 0 Å². The molecule has 0 fully saturated rings. The monoisotopic (exact) mass is 233 g/mol. The molecule has 0 bridgehead atoms. The van der Waals surface area contributed by atoms with Crippen molar-refractivity contribution in [1.82, 2.24) is 15.0 Å². The molecule has 1 N–H and O–H groups in total. The van der Waals surface area contributed by atoms with Crippen LogP contribution in [0.5, 0.6) is 0 Å². The van der Waals surface area contributed by atoms with Gasteiger partial charge >= 0.3 is 0 Å². The molecule has 5 nitrogen and oxygen atoms in total. The Labute approximate surface area is 98.4 Å². The molecule has 0 aromatic carbocycles. The fourth-order valence-electron chi connectivity index (χ4n) is 1.24. The lowest BCUT2D eigenvalue weighted by atomic mass is 10.4. The lowest BCUT2D eigenvalue weighted by Gasteiger charge is -2.12. The Hall–Kier alpha value is -2.24. The molecule has 17 heavy (non-hydrogen) atoms. The summed E-state index contributed by atoms with van der Waals surface area (Å²) in [5.41, 5.74) is 0. The van der Waals surface area contributed by atoms with Crippen molar-refractivity contribution in [2.24, 2.45) is 0 Å². The maximum Gasteiger partial charge on any atom is 0.141 e. The Bertz CT molecular complexity index is 497. The summed E-state index contributed by atoms with van der Waals surface area (Å²) in [4.78, 5) is 13.9. The molecule has 0 saturated heterocycles. The zero-order chi connectivity index (χ0) is 12.3. The highest BCUT2D eigenvalue weighted by molar-refractivity contribution is 5.55. The smallest absolute Gasteiger partial charge is 0.141 e. The van der Waals surface area contributed by atoms with Gasteiger partial charge in [0.1, 0.15) is 29.6 Å². The SMILES string of the molecule is CN(C)c1cc(Nc2ccc(F)cn2)ncn1. The number of aromatic nitrogens is 3. The number of rotatable bonds is 3. The zero-order valence-electron chi connectivity index (χ0n) is 9.55. The van der Waals surface area contributed by atoms with Crippen molar-refractivity contribution in [2.75, 3.05) is 24.3 Å². The van der Waals surface area contributed by atoms with Crippen LogP contribution in [0.4, 0.5) is 21.8 Å². The minimum atomic E-state index is -0.368. The highest BCUT2D eigenvalue weighted by Gasteiger charge is 2.01. The molecule has 6 heteroatoms. The van der Waals surface area contributed by atoms with Crippen LogP contribution in [0.2, 0.25) is 0 Å². The maximum absolute atomic E-state index is 12.7. The average Bonchev–Trinajstić information content (AvgIpc) is 2.32. The van der Waals surface area contributed by atoms with E-state index in [0.29, 0.717) is 11.6 Å².